The predicted molar refractivity (Wildman–Crippen MR) is 354 cm³/mol. The summed E-state index contributed by atoms with van der Waals surface area (Å²) in [5.41, 5.74) is 15.6. The molecule has 1 amide bonds. The van der Waals surface area contributed by atoms with Crippen molar-refractivity contribution in [1.82, 2.24) is 13.7 Å². The number of rotatable bonds is 9. The minimum Gasteiger partial charge on any atom is -0.310 e. The highest BCUT2D eigenvalue weighted by atomic mass is 16.2. The number of carbonyl (C=O) groups is 2. The lowest BCUT2D eigenvalue weighted by atomic mass is 9.90. The summed E-state index contributed by atoms with van der Waals surface area (Å²) in [6, 6.07) is 88.1. The Hall–Kier alpha value is -10.3. The molecule has 406 valence electrons. The molecule has 3 heterocycles. The molecular weight excluding hydrogens is 1010 g/mol. The third kappa shape index (κ3) is 9.58. The van der Waals surface area contributed by atoms with Crippen LogP contribution in [0.15, 0.2) is 267 Å². The van der Waals surface area contributed by atoms with Crippen molar-refractivity contribution in [3.8, 4) is 50.4 Å². The van der Waals surface area contributed by atoms with Gasteiger partial charge in [-0.2, -0.15) is 0 Å². The summed E-state index contributed by atoms with van der Waals surface area (Å²) >= 11 is 0. The largest absolute Gasteiger partial charge is 0.310 e. The van der Waals surface area contributed by atoms with E-state index in [1.54, 1.807) is 11.0 Å². The van der Waals surface area contributed by atoms with Gasteiger partial charge >= 0.3 is 0 Å². The predicted octanol–water partition coefficient (Wildman–Crippen LogP) is 20.7. The van der Waals surface area contributed by atoms with E-state index in [0.29, 0.717) is 5.69 Å². The Morgan fingerprint density at radius 1 is 0.361 bits per heavy atom. The number of benzene rings is 11. The first-order chi connectivity index (χ1) is 41.0. The SMILES string of the molecule is C/C=C\C.CC.CC.CN(C(=O)c1c(C=O)cccc1-n1c2c(-n3c4ccccc4c4ccccc43)cccc2c2cccc(-n3c4ccccc4c4ccccc43)c21)c1c(-c2ccccc2)cc(-c2ccccc2)cc1-c1ccccc1. The quantitative estimate of drug-likeness (QED) is 0.107. The highest BCUT2D eigenvalue weighted by molar-refractivity contribution is 6.21. The molecule has 0 bridgehead atoms. The van der Waals surface area contributed by atoms with Crippen LogP contribution in [-0.4, -0.2) is 32.9 Å². The Balaban J connectivity index is 0.000000857. The molecule has 0 saturated heterocycles. The number of nitrogens with zero attached hydrogens (tertiary/aromatic N) is 4. The van der Waals surface area contributed by atoms with Crippen LogP contribution >= 0.6 is 0 Å². The zero-order valence-electron chi connectivity index (χ0n) is 48.1. The fourth-order valence-corrected chi connectivity index (χ4v) is 11.9. The molecule has 0 saturated carbocycles. The Labute approximate surface area is 486 Å². The van der Waals surface area contributed by atoms with Crippen molar-refractivity contribution in [3.05, 3.63) is 278 Å². The first-order valence-corrected chi connectivity index (χ1v) is 28.8. The topological polar surface area (TPSA) is 52.2 Å². The van der Waals surface area contributed by atoms with E-state index in [1.807, 2.05) is 115 Å². The molecule has 0 spiro atoms. The summed E-state index contributed by atoms with van der Waals surface area (Å²) in [6.45, 7) is 12.0. The summed E-state index contributed by atoms with van der Waals surface area (Å²) in [5, 5.41) is 6.57. The molecule has 14 aromatic rings. The lowest BCUT2D eigenvalue weighted by Crippen LogP contribution is -2.29. The van der Waals surface area contributed by atoms with E-state index in [2.05, 4.69) is 208 Å². The highest BCUT2D eigenvalue weighted by Gasteiger charge is 2.30. The van der Waals surface area contributed by atoms with Gasteiger partial charge in [0.05, 0.1) is 61.4 Å². The number of anilines is 1. The van der Waals surface area contributed by atoms with E-state index in [4.69, 9.17) is 0 Å². The minimum absolute atomic E-state index is 0.284. The van der Waals surface area contributed by atoms with Gasteiger partial charge in [0.15, 0.2) is 6.29 Å². The van der Waals surface area contributed by atoms with Crippen LogP contribution in [-0.2, 0) is 0 Å². The number of para-hydroxylation sites is 6. The number of hydrogen-bond acceptors (Lipinski definition) is 2. The van der Waals surface area contributed by atoms with Crippen LogP contribution in [0.3, 0.4) is 0 Å². The number of allylic oxidation sites excluding steroid dienone is 2. The summed E-state index contributed by atoms with van der Waals surface area (Å²) in [6.07, 6.45) is 4.83. The second-order valence-electron chi connectivity index (χ2n) is 19.8. The van der Waals surface area contributed by atoms with Gasteiger partial charge in [0.1, 0.15) is 0 Å². The molecule has 83 heavy (non-hydrogen) atoms. The molecule has 0 radical (unpaired) electrons. The molecule has 0 unspecified atom stereocenters. The van der Waals surface area contributed by atoms with E-state index < -0.39 is 0 Å². The lowest BCUT2D eigenvalue weighted by Gasteiger charge is -2.27. The first kappa shape index (κ1) is 54.6. The number of fused-ring (bicyclic) bond motifs is 9. The fourth-order valence-electron chi connectivity index (χ4n) is 11.9. The van der Waals surface area contributed by atoms with Gasteiger partial charge in [0.2, 0.25) is 0 Å². The molecule has 3 aromatic heterocycles. The van der Waals surface area contributed by atoms with Gasteiger partial charge in [-0.3, -0.25) is 9.59 Å². The Kier molecular flexibility index (Phi) is 15.9. The number of carbonyl (C=O) groups excluding carboxylic acids is 2. The second kappa shape index (κ2) is 24.2. The van der Waals surface area contributed by atoms with E-state index in [-0.39, 0.29) is 17.0 Å². The van der Waals surface area contributed by atoms with Crippen LogP contribution in [0.4, 0.5) is 5.69 Å². The molecule has 14 rings (SSSR count). The van der Waals surface area contributed by atoms with Gasteiger partial charge in [0.25, 0.3) is 5.91 Å². The molecule has 0 fully saturated rings. The Morgan fingerprint density at radius 3 is 1.08 bits per heavy atom. The van der Waals surface area contributed by atoms with Crippen LogP contribution in [0.2, 0.25) is 0 Å². The smallest absolute Gasteiger partial charge is 0.260 e. The second-order valence-corrected chi connectivity index (χ2v) is 19.8. The van der Waals surface area contributed by atoms with Crippen molar-refractivity contribution in [1.29, 1.82) is 0 Å². The van der Waals surface area contributed by atoms with E-state index in [0.717, 1.165) is 122 Å². The van der Waals surface area contributed by atoms with E-state index in [9.17, 15) is 4.79 Å². The van der Waals surface area contributed by atoms with Crippen molar-refractivity contribution in [2.75, 3.05) is 11.9 Å². The van der Waals surface area contributed by atoms with Crippen LogP contribution in [0.1, 0.15) is 62.3 Å². The van der Waals surface area contributed by atoms with Crippen molar-refractivity contribution in [3.63, 3.8) is 0 Å². The van der Waals surface area contributed by atoms with Crippen molar-refractivity contribution < 1.29 is 9.59 Å². The maximum Gasteiger partial charge on any atom is 0.260 e. The zero-order chi connectivity index (χ0) is 57.6. The third-order valence-corrected chi connectivity index (χ3v) is 15.4. The molecule has 0 aliphatic carbocycles. The molecule has 0 N–H and O–H groups in total. The van der Waals surface area contributed by atoms with Crippen LogP contribution in [0.25, 0.3) is 116 Å². The molecule has 11 aromatic carbocycles. The Morgan fingerprint density at radius 2 is 0.699 bits per heavy atom. The summed E-state index contributed by atoms with van der Waals surface area (Å²) in [5.74, 6) is -0.326. The summed E-state index contributed by atoms with van der Waals surface area (Å²) in [7, 11) is 1.85. The van der Waals surface area contributed by atoms with Gasteiger partial charge in [0, 0.05) is 56.1 Å². The zero-order valence-corrected chi connectivity index (χ0v) is 48.1. The molecule has 6 heteroatoms. The number of hydrogen-bond donors (Lipinski definition) is 0. The van der Waals surface area contributed by atoms with Gasteiger partial charge in [-0.25, -0.2) is 0 Å². The lowest BCUT2D eigenvalue weighted by molar-refractivity contribution is 0.0986. The van der Waals surface area contributed by atoms with Gasteiger partial charge in [-0.05, 0) is 90.7 Å². The first-order valence-electron chi connectivity index (χ1n) is 28.8. The van der Waals surface area contributed by atoms with Crippen molar-refractivity contribution in [2.24, 2.45) is 0 Å². The third-order valence-electron chi connectivity index (χ3n) is 15.4. The summed E-state index contributed by atoms with van der Waals surface area (Å²) in [4.78, 5) is 32.1. The molecule has 6 nitrogen and oxygen atoms in total. The van der Waals surface area contributed by atoms with Gasteiger partial charge in [-0.15, -0.1) is 0 Å². The normalized spacial score (nSPS) is 11.1. The van der Waals surface area contributed by atoms with Crippen molar-refractivity contribution >= 4 is 83.3 Å². The standard InChI is InChI=1S/C69H46N4O2.C4H8.2C2H6/c1-70(66-56(46-24-7-3-8-25-46)42-49(45-22-5-2-6-23-45)43-57(66)47-26-9-4-10-27-47)69(75)65-48(44-74)28-19-39-62(65)73-67-54(33-20-40-63(67)71-58-35-15-11-29-50(58)51-30-12-16-36-59(51)71)55-34-21-41-64(68(55)73)72-60-37-17-13-31-52(60)53-32-14-18-38-61(53)72;1-3-4-2;2*1-2/h2-44H,1H3;3-4H,1-2H3;2*1-2H3/b;4-3-;;. The molecule has 0 aliphatic heterocycles. The highest BCUT2D eigenvalue weighted by Crippen LogP contribution is 2.47. The van der Waals surface area contributed by atoms with Crippen LogP contribution in [0.5, 0.6) is 0 Å². The number of aldehydes is 1. The maximum absolute atomic E-state index is 16.5. The molecule has 0 atom stereocenters. The monoisotopic (exact) mass is 1080 g/mol. The number of aromatic nitrogens is 3. The average molecular weight is 1080 g/mol. The number of amides is 1. The van der Waals surface area contributed by atoms with E-state index >= 15 is 4.79 Å². The van der Waals surface area contributed by atoms with Crippen molar-refractivity contribution in [2.45, 2.75) is 41.5 Å². The summed E-state index contributed by atoms with van der Waals surface area (Å²) < 4.78 is 6.98. The molecule has 0 aliphatic rings. The van der Waals surface area contributed by atoms with Crippen LogP contribution < -0.4 is 4.90 Å². The average Bonchev–Trinajstić information content (AvgIpc) is 2.31. The molecular formula is C77H66N4O2. The van der Waals surface area contributed by atoms with E-state index in [1.165, 1.54) is 0 Å². The van der Waals surface area contributed by atoms with Crippen LogP contribution in [0, 0.1) is 0 Å². The van der Waals surface area contributed by atoms with Gasteiger partial charge in [-0.1, -0.05) is 240 Å². The minimum atomic E-state index is -0.326. The Bertz CT molecular complexity index is 4340. The maximum atomic E-state index is 16.5. The fraction of sp³-hybridized carbons (Fsp3) is 0.0909. The van der Waals surface area contributed by atoms with Gasteiger partial charge < -0.3 is 18.6 Å².